The van der Waals surface area contributed by atoms with E-state index in [0.29, 0.717) is 23.4 Å². The molecule has 0 aliphatic heterocycles. The molecule has 4 heteroatoms. The van der Waals surface area contributed by atoms with Crippen LogP contribution in [0.2, 0.25) is 5.02 Å². The molecule has 0 saturated carbocycles. The second-order valence-electron chi connectivity index (χ2n) is 4.11. The molecule has 0 fully saturated rings. The lowest BCUT2D eigenvalue weighted by Crippen LogP contribution is -2.36. The first kappa shape index (κ1) is 14.3. The summed E-state index contributed by atoms with van der Waals surface area (Å²) in [7, 11) is 0. The average molecular weight is 258 g/mol. The van der Waals surface area contributed by atoms with Crippen molar-refractivity contribution in [1.29, 1.82) is 0 Å². The van der Waals surface area contributed by atoms with E-state index in [0.717, 1.165) is 6.42 Å². The van der Waals surface area contributed by atoms with Crippen LogP contribution in [0.25, 0.3) is 0 Å². The van der Waals surface area contributed by atoms with Crippen molar-refractivity contribution >= 4 is 11.6 Å². The molecule has 0 radical (unpaired) electrons. The molecule has 2 N–H and O–H groups in total. The Labute approximate surface area is 108 Å². The third-order valence-corrected chi connectivity index (χ3v) is 2.89. The summed E-state index contributed by atoms with van der Waals surface area (Å²) in [5.74, 6) is 0.608. The molecule has 1 aromatic rings. The monoisotopic (exact) mass is 257 g/mol. The number of hydrogen-bond donors (Lipinski definition) is 2. The fourth-order valence-corrected chi connectivity index (χ4v) is 1.48. The molecule has 0 aliphatic rings. The largest absolute Gasteiger partial charge is 0.489 e. The predicted octanol–water partition coefficient (Wildman–Crippen LogP) is 2.47. The number of nitrogens with one attached hydrogen (secondary N) is 1. The first-order valence-corrected chi connectivity index (χ1v) is 6.30. The van der Waals surface area contributed by atoms with E-state index < -0.39 is 6.10 Å². The van der Waals surface area contributed by atoms with Gasteiger partial charge in [-0.25, -0.2) is 0 Å². The van der Waals surface area contributed by atoms with Crippen LogP contribution in [0.3, 0.4) is 0 Å². The highest BCUT2D eigenvalue weighted by molar-refractivity contribution is 6.32. The molecular weight excluding hydrogens is 238 g/mol. The van der Waals surface area contributed by atoms with Crippen molar-refractivity contribution in [3.63, 3.8) is 0 Å². The molecular formula is C13H20ClNO2. The van der Waals surface area contributed by atoms with Gasteiger partial charge in [0, 0.05) is 12.6 Å². The van der Waals surface area contributed by atoms with Gasteiger partial charge in [0.1, 0.15) is 18.5 Å². The lowest BCUT2D eigenvalue weighted by atomic mass is 10.2. The zero-order valence-electron chi connectivity index (χ0n) is 10.3. The second kappa shape index (κ2) is 7.54. The van der Waals surface area contributed by atoms with Gasteiger partial charge in [-0.2, -0.15) is 0 Å². The topological polar surface area (TPSA) is 41.5 Å². The third-order valence-electron chi connectivity index (χ3n) is 2.58. The Balaban J connectivity index is 2.28. The Morgan fingerprint density at radius 2 is 2.12 bits per heavy atom. The van der Waals surface area contributed by atoms with E-state index in [1.54, 1.807) is 12.1 Å². The van der Waals surface area contributed by atoms with Gasteiger partial charge in [0.25, 0.3) is 0 Å². The van der Waals surface area contributed by atoms with Gasteiger partial charge >= 0.3 is 0 Å². The highest BCUT2D eigenvalue weighted by Crippen LogP contribution is 2.22. The molecule has 1 aromatic carbocycles. The molecule has 0 unspecified atom stereocenters. The summed E-state index contributed by atoms with van der Waals surface area (Å²) in [4.78, 5) is 0. The van der Waals surface area contributed by atoms with Gasteiger partial charge in [-0.15, -0.1) is 0 Å². The first-order valence-electron chi connectivity index (χ1n) is 5.92. The van der Waals surface area contributed by atoms with Crippen LogP contribution < -0.4 is 10.1 Å². The van der Waals surface area contributed by atoms with Crippen LogP contribution in [0.4, 0.5) is 0 Å². The van der Waals surface area contributed by atoms with E-state index in [1.807, 2.05) is 12.1 Å². The highest BCUT2D eigenvalue weighted by Gasteiger charge is 2.08. The van der Waals surface area contributed by atoms with E-state index in [2.05, 4.69) is 19.2 Å². The van der Waals surface area contributed by atoms with Crippen LogP contribution >= 0.6 is 11.6 Å². The van der Waals surface area contributed by atoms with Gasteiger partial charge < -0.3 is 15.2 Å². The molecule has 0 spiro atoms. The Kier molecular flexibility index (Phi) is 6.34. The number of hydrogen-bond acceptors (Lipinski definition) is 3. The lowest BCUT2D eigenvalue weighted by Gasteiger charge is -2.16. The molecule has 0 amide bonds. The number of aliphatic hydroxyl groups is 1. The zero-order valence-corrected chi connectivity index (χ0v) is 11.1. The Morgan fingerprint density at radius 3 is 2.76 bits per heavy atom. The molecule has 0 aliphatic carbocycles. The highest BCUT2D eigenvalue weighted by atomic mass is 35.5. The number of ether oxygens (including phenoxy) is 1. The van der Waals surface area contributed by atoms with Gasteiger partial charge in [-0.05, 0) is 25.5 Å². The van der Waals surface area contributed by atoms with Crippen LogP contribution in [0.1, 0.15) is 20.3 Å². The van der Waals surface area contributed by atoms with Crippen molar-refractivity contribution in [3.8, 4) is 5.75 Å². The molecule has 3 nitrogen and oxygen atoms in total. The molecule has 17 heavy (non-hydrogen) atoms. The minimum Gasteiger partial charge on any atom is -0.489 e. The van der Waals surface area contributed by atoms with E-state index in [1.165, 1.54) is 0 Å². The van der Waals surface area contributed by atoms with Crippen molar-refractivity contribution in [2.24, 2.45) is 0 Å². The van der Waals surface area contributed by atoms with Gasteiger partial charge in [-0.3, -0.25) is 0 Å². The normalized spacial score (nSPS) is 14.4. The molecule has 0 heterocycles. The Morgan fingerprint density at radius 1 is 1.41 bits per heavy atom. The van der Waals surface area contributed by atoms with Crippen LogP contribution in [0.15, 0.2) is 24.3 Å². The van der Waals surface area contributed by atoms with E-state index in [4.69, 9.17) is 16.3 Å². The number of rotatable bonds is 7. The summed E-state index contributed by atoms with van der Waals surface area (Å²) >= 11 is 5.94. The van der Waals surface area contributed by atoms with E-state index in [-0.39, 0.29) is 6.61 Å². The molecule has 0 aromatic heterocycles. The maximum atomic E-state index is 9.72. The summed E-state index contributed by atoms with van der Waals surface area (Å²) < 4.78 is 5.44. The summed E-state index contributed by atoms with van der Waals surface area (Å²) in [5.41, 5.74) is 0. The number of para-hydroxylation sites is 1. The lowest BCUT2D eigenvalue weighted by molar-refractivity contribution is 0.104. The van der Waals surface area contributed by atoms with Gasteiger partial charge in [0.15, 0.2) is 0 Å². The predicted molar refractivity (Wildman–Crippen MR) is 70.7 cm³/mol. The smallest absolute Gasteiger partial charge is 0.138 e. The van der Waals surface area contributed by atoms with Crippen LogP contribution in [0.5, 0.6) is 5.75 Å². The third kappa shape index (κ3) is 5.39. The minimum absolute atomic E-state index is 0.243. The Hall–Kier alpha value is -0.770. The number of benzene rings is 1. The van der Waals surface area contributed by atoms with Crippen LogP contribution in [0, 0.1) is 0 Å². The average Bonchev–Trinajstić information content (AvgIpc) is 2.35. The second-order valence-corrected chi connectivity index (χ2v) is 4.52. The van der Waals surface area contributed by atoms with Gasteiger partial charge in [0.05, 0.1) is 5.02 Å². The van der Waals surface area contributed by atoms with Crippen molar-refractivity contribution in [1.82, 2.24) is 5.32 Å². The number of halogens is 1. The van der Waals surface area contributed by atoms with Gasteiger partial charge in [-0.1, -0.05) is 30.7 Å². The fourth-order valence-electron chi connectivity index (χ4n) is 1.29. The summed E-state index contributed by atoms with van der Waals surface area (Å²) in [6.45, 7) is 4.96. The quantitative estimate of drug-likeness (QED) is 0.789. The van der Waals surface area contributed by atoms with Crippen molar-refractivity contribution in [2.75, 3.05) is 13.2 Å². The van der Waals surface area contributed by atoms with Crippen molar-refractivity contribution in [3.05, 3.63) is 29.3 Å². The van der Waals surface area contributed by atoms with Gasteiger partial charge in [0.2, 0.25) is 0 Å². The van der Waals surface area contributed by atoms with Crippen LogP contribution in [-0.2, 0) is 0 Å². The van der Waals surface area contributed by atoms with E-state index >= 15 is 0 Å². The Bertz CT molecular complexity index is 333. The molecule has 0 saturated heterocycles. The maximum absolute atomic E-state index is 9.72. The fraction of sp³-hybridized carbons (Fsp3) is 0.538. The molecule has 1 rings (SSSR count). The van der Waals surface area contributed by atoms with Crippen molar-refractivity contribution < 1.29 is 9.84 Å². The molecule has 0 bridgehead atoms. The van der Waals surface area contributed by atoms with Crippen molar-refractivity contribution in [2.45, 2.75) is 32.4 Å². The first-order chi connectivity index (χ1) is 8.13. The van der Waals surface area contributed by atoms with E-state index in [9.17, 15) is 5.11 Å². The zero-order chi connectivity index (χ0) is 12.7. The summed E-state index contributed by atoms with van der Waals surface area (Å²) in [6.07, 6.45) is 0.512. The standard InChI is InChI=1S/C13H20ClNO2/c1-3-10(2)15-8-11(16)9-17-13-7-5-4-6-12(13)14/h4-7,10-11,15-16H,3,8-9H2,1-2H3/t10-,11-/m1/s1. The summed E-state index contributed by atoms with van der Waals surface area (Å²) in [5, 5.41) is 13.5. The molecule has 2 atom stereocenters. The molecule has 96 valence electrons. The minimum atomic E-state index is -0.528. The SMILES string of the molecule is CC[C@@H](C)NC[C@@H](O)COc1ccccc1Cl. The van der Waals surface area contributed by atoms with Crippen LogP contribution in [-0.4, -0.2) is 30.4 Å². The summed E-state index contributed by atoms with van der Waals surface area (Å²) in [6, 6.07) is 7.66. The maximum Gasteiger partial charge on any atom is 0.138 e. The number of aliphatic hydroxyl groups excluding tert-OH is 1.